The van der Waals surface area contributed by atoms with E-state index in [1.54, 1.807) is 13.2 Å². The molecule has 0 unspecified atom stereocenters. The van der Waals surface area contributed by atoms with Crippen LogP contribution in [0.25, 0.3) is 0 Å². The predicted molar refractivity (Wildman–Crippen MR) is 79.1 cm³/mol. The van der Waals surface area contributed by atoms with E-state index in [-0.39, 0.29) is 5.82 Å². The highest BCUT2D eigenvalue weighted by Gasteiger charge is 2.20. The van der Waals surface area contributed by atoms with Gasteiger partial charge in [-0.05, 0) is 31.0 Å². The molecule has 0 aliphatic heterocycles. The smallest absolute Gasteiger partial charge is 0.127 e. The molecule has 1 saturated carbocycles. The van der Waals surface area contributed by atoms with Crippen LogP contribution >= 0.6 is 0 Å². The summed E-state index contributed by atoms with van der Waals surface area (Å²) in [6, 6.07) is 6.13. The lowest BCUT2D eigenvalue weighted by Gasteiger charge is -2.20. The fourth-order valence-corrected chi connectivity index (χ4v) is 2.22. The molecular weight excluding hydrogens is 255 g/mol. The molecule has 0 atom stereocenters. The summed E-state index contributed by atoms with van der Waals surface area (Å²) in [5, 5.41) is 3.47. The Morgan fingerprint density at radius 3 is 2.85 bits per heavy atom. The fourth-order valence-electron chi connectivity index (χ4n) is 2.22. The molecule has 0 radical (unpaired) electrons. The Morgan fingerprint density at radius 2 is 2.20 bits per heavy atom. The van der Waals surface area contributed by atoms with Gasteiger partial charge in [0.1, 0.15) is 5.82 Å². The van der Waals surface area contributed by atoms with Crippen LogP contribution in [0.5, 0.6) is 0 Å². The molecule has 0 heterocycles. The minimum Gasteiger partial charge on any atom is -0.383 e. The molecular formula is C16H25FN2O. The zero-order valence-corrected chi connectivity index (χ0v) is 12.5. The van der Waals surface area contributed by atoms with Gasteiger partial charge in [-0.2, -0.15) is 0 Å². The van der Waals surface area contributed by atoms with Crippen molar-refractivity contribution in [2.75, 3.05) is 26.8 Å². The van der Waals surface area contributed by atoms with Crippen LogP contribution in [0.4, 0.5) is 4.39 Å². The molecule has 4 heteroatoms. The molecule has 1 aromatic rings. The monoisotopic (exact) mass is 280 g/mol. The highest BCUT2D eigenvalue weighted by atomic mass is 19.1. The molecule has 0 bridgehead atoms. The van der Waals surface area contributed by atoms with Gasteiger partial charge < -0.3 is 10.1 Å². The Bertz CT molecular complexity index is 421. The van der Waals surface area contributed by atoms with Gasteiger partial charge in [0.25, 0.3) is 0 Å². The molecule has 0 amide bonds. The topological polar surface area (TPSA) is 24.5 Å². The summed E-state index contributed by atoms with van der Waals surface area (Å²) in [6.07, 6.45) is 2.55. The summed E-state index contributed by atoms with van der Waals surface area (Å²) in [5.74, 6) is -0.115. The summed E-state index contributed by atoms with van der Waals surface area (Å²) in [6.45, 7) is 5.97. The van der Waals surface area contributed by atoms with Crippen molar-refractivity contribution in [3.8, 4) is 0 Å². The first-order chi connectivity index (χ1) is 9.72. The lowest BCUT2D eigenvalue weighted by atomic mass is 10.1. The Balaban J connectivity index is 1.94. The van der Waals surface area contributed by atoms with Crippen LogP contribution in [-0.2, 0) is 17.8 Å². The maximum atomic E-state index is 13.9. The lowest BCUT2D eigenvalue weighted by molar-refractivity contribution is 0.147. The zero-order chi connectivity index (χ0) is 14.4. The average Bonchev–Trinajstić information content (AvgIpc) is 3.28. The van der Waals surface area contributed by atoms with Gasteiger partial charge in [0.05, 0.1) is 6.61 Å². The third kappa shape index (κ3) is 4.85. The van der Waals surface area contributed by atoms with E-state index in [4.69, 9.17) is 4.74 Å². The van der Waals surface area contributed by atoms with E-state index >= 15 is 0 Å². The number of halogens is 1. The number of hydrogen-bond donors (Lipinski definition) is 1. The number of rotatable bonds is 9. The molecule has 20 heavy (non-hydrogen) atoms. The van der Waals surface area contributed by atoms with Crippen LogP contribution in [0.3, 0.4) is 0 Å². The van der Waals surface area contributed by atoms with Crippen LogP contribution in [0.1, 0.15) is 30.9 Å². The Labute approximate surface area is 121 Å². The van der Waals surface area contributed by atoms with E-state index in [0.29, 0.717) is 19.2 Å². The maximum Gasteiger partial charge on any atom is 0.127 e. The third-order valence-corrected chi connectivity index (χ3v) is 3.74. The largest absolute Gasteiger partial charge is 0.383 e. The van der Waals surface area contributed by atoms with Crippen LogP contribution < -0.4 is 5.32 Å². The number of methoxy groups -OCH3 is 1. The molecule has 1 fully saturated rings. The number of nitrogens with zero attached hydrogens (tertiary/aromatic N) is 1. The van der Waals surface area contributed by atoms with Gasteiger partial charge in [-0.15, -0.1) is 0 Å². The summed E-state index contributed by atoms with van der Waals surface area (Å²) >= 11 is 0. The Morgan fingerprint density at radius 1 is 1.40 bits per heavy atom. The number of likely N-dealkylation sites (N-methyl/N-ethyl adjacent to an activating group) is 1. The fraction of sp³-hybridized carbons (Fsp3) is 0.625. The van der Waals surface area contributed by atoms with Crippen LogP contribution in [-0.4, -0.2) is 37.7 Å². The van der Waals surface area contributed by atoms with E-state index in [1.807, 2.05) is 12.1 Å². The maximum absolute atomic E-state index is 13.9. The summed E-state index contributed by atoms with van der Waals surface area (Å²) in [5.41, 5.74) is 1.94. The quantitative estimate of drug-likeness (QED) is 0.752. The van der Waals surface area contributed by atoms with Gasteiger partial charge in [-0.25, -0.2) is 4.39 Å². The van der Waals surface area contributed by atoms with Crippen molar-refractivity contribution >= 4 is 0 Å². The van der Waals surface area contributed by atoms with Gasteiger partial charge >= 0.3 is 0 Å². The molecule has 0 saturated heterocycles. The Kier molecular flexibility index (Phi) is 5.95. The van der Waals surface area contributed by atoms with Gasteiger partial charge in [0, 0.05) is 38.3 Å². The van der Waals surface area contributed by atoms with Crippen molar-refractivity contribution in [1.29, 1.82) is 0 Å². The van der Waals surface area contributed by atoms with E-state index in [9.17, 15) is 4.39 Å². The number of ether oxygens (including phenoxy) is 1. The van der Waals surface area contributed by atoms with Gasteiger partial charge in [0.2, 0.25) is 0 Å². The lowest BCUT2D eigenvalue weighted by Crippen LogP contribution is -2.27. The molecule has 1 aromatic carbocycles. The first-order valence-electron chi connectivity index (χ1n) is 7.45. The first-order valence-corrected chi connectivity index (χ1v) is 7.45. The van der Waals surface area contributed by atoms with E-state index in [2.05, 4.69) is 17.1 Å². The normalized spacial score (nSPS) is 15.0. The molecule has 0 spiro atoms. The molecule has 1 aliphatic rings. The van der Waals surface area contributed by atoms with Crippen LogP contribution in [0, 0.1) is 5.82 Å². The molecule has 112 valence electrons. The third-order valence-electron chi connectivity index (χ3n) is 3.74. The Hall–Kier alpha value is -0.970. The van der Waals surface area contributed by atoms with Crippen molar-refractivity contribution in [2.45, 2.75) is 38.9 Å². The number of hydrogen-bond acceptors (Lipinski definition) is 3. The van der Waals surface area contributed by atoms with Crippen molar-refractivity contribution in [3.63, 3.8) is 0 Å². The van der Waals surface area contributed by atoms with Crippen molar-refractivity contribution < 1.29 is 9.13 Å². The number of nitrogens with one attached hydrogen (secondary N) is 1. The van der Waals surface area contributed by atoms with Gasteiger partial charge in [-0.1, -0.05) is 19.1 Å². The average molecular weight is 280 g/mol. The van der Waals surface area contributed by atoms with Gasteiger partial charge in [0.15, 0.2) is 0 Å². The standard InChI is InChI=1S/C16H25FN2O/c1-3-19(8-9-20-2)12-14-10-13(4-7-16(14)17)11-18-15-5-6-15/h4,7,10,15,18H,3,5-6,8-9,11-12H2,1-2H3. The predicted octanol–water partition coefficient (Wildman–Crippen LogP) is 2.55. The second kappa shape index (κ2) is 7.72. The van der Waals surface area contributed by atoms with E-state index in [0.717, 1.165) is 30.8 Å². The molecule has 3 nitrogen and oxygen atoms in total. The van der Waals surface area contributed by atoms with Crippen LogP contribution in [0.2, 0.25) is 0 Å². The van der Waals surface area contributed by atoms with Crippen molar-refractivity contribution in [1.82, 2.24) is 10.2 Å². The summed E-state index contributed by atoms with van der Waals surface area (Å²) in [4.78, 5) is 2.19. The molecule has 2 rings (SSSR count). The van der Waals surface area contributed by atoms with E-state index in [1.165, 1.54) is 12.8 Å². The number of benzene rings is 1. The highest BCUT2D eigenvalue weighted by molar-refractivity contribution is 5.25. The van der Waals surface area contributed by atoms with Crippen molar-refractivity contribution in [2.24, 2.45) is 0 Å². The van der Waals surface area contributed by atoms with Gasteiger partial charge in [-0.3, -0.25) is 4.90 Å². The zero-order valence-electron chi connectivity index (χ0n) is 12.5. The minimum atomic E-state index is -0.115. The molecule has 1 N–H and O–H groups in total. The second-order valence-electron chi connectivity index (χ2n) is 5.44. The van der Waals surface area contributed by atoms with Crippen LogP contribution in [0.15, 0.2) is 18.2 Å². The van der Waals surface area contributed by atoms with E-state index < -0.39 is 0 Å². The molecule has 0 aromatic heterocycles. The SMILES string of the molecule is CCN(CCOC)Cc1cc(CNC2CC2)ccc1F. The van der Waals surface area contributed by atoms with Crippen molar-refractivity contribution in [3.05, 3.63) is 35.1 Å². The summed E-state index contributed by atoms with van der Waals surface area (Å²) in [7, 11) is 1.69. The molecule has 1 aliphatic carbocycles. The summed E-state index contributed by atoms with van der Waals surface area (Å²) < 4.78 is 19.0. The first kappa shape index (κ1) is 15.4. The highest BCUT2D eigenvalue weighted by Crippen LogP contribution is 2.20. The minimum absolute atomic E-state index is 0.115. The second-order valence-corrected chi connectivity index (χ2v) is 5.44.